The van der Waals surface area contributed by atoms with E-state index in [2.05, 4.69) is 101 Å². The van der Waals surface area contributed by atoms with Crippen molar-refractivity contribution in [3.8, 4) is 45.3 Å². The maximum Gasteiger partial charge on any atom is 0.160 e. The van der Waals surface area contributed by atoms with Crippen molar-refractivity contribution in [1.82, 2.24) is 19.9 Å². The van der Waals surface area contributed by atoms with Crippen molar-refractivity contribution in [3.05, 3.63) is 134 Å². The van der Waals surface area contributed by atoms with Crippen LogP contribution in [0.15, 0.2) is 134 Å². The minimum Gasteiger partial charge on any atom is -0.237 e. The van der Waals surface area contributed by atoms with Crippen molar-refractivity contribution in [2.45, 2.75) is 0 Å². The second-order valence-corrected chi connectivity index (χ2v) is 9.17. The van der Waals surface area contributed by atoms with Crippen LogP contribution in [0.25, 0.3) is 66.8 Å². The quantitative estimate of drug-likeness (QED) is 0.251. The Labute approximate surface area is 220 Å². The summed E-state index contributed by atoms with van der Waals surface area (Å²) in [6.45, 7) is 0. The number of aromatic nitrogens is 4. The first-order chi connectivity index (χ1) is 18.8. The van der Waals surface area contributed by atoms with E-state index in [9.17, 15) is 0 Å². The monoisotopic (exact) mass is 486 g/mol. The van der Waals surface area contributed by atoms with E-state index in [1.54, 1.807) is 12.4 Å². The lowest BCUT2D eigenvalue weighted by Crippen LogP contribution is -1.97. The van der Waals surface area contributed by atoms with Gasteiger partial charge in [0.2, 0.25) is 0 Å². The lowest BCUT2D eigenvalue weighted by molar-refractivity contribution is 1.17. The minimum absolute atomic E-state index is 0.680. The summed E-state index contributed by atoms with van der Waals surface area (Å²) < 4.78 is 0. The van der Waals surface area contributed by atoms with E-state index in [4.69, 9.17) is 9.97 Å². The second kappa shape index (κ2) is 9.34. The van der Waals surface area contributed by atoms with Crippen LogP contribution in [-0.4, -0.2) is 19.9 Å². The van der Waals surface area contributed by atoms with Crippen molar-refractivity contribution in [3.63, 3.8) is 0 Å². The molecule has 7 aromatic rings. The van der Waals surface area contributed by atoms with Crippen molar-refractivity contribution in [2.75, 3.05) is 0 Å². The molecular formula is C34H22N4. The number of hydrogen-bond acceptors (Lipinski definition) is 4. The van der Waals surface area contributed by atoms with Crippen molar-refractivity contribution >= 4 is 21.5 Å². The molecule has 0 fully saturated rings. The molecule has 0 radical (unpaired) electrons. The molecule has 0 bridgehead atoms. The molecule has 0 aliphatic rings. The van der Waals surface area contributed by atoms with Crippen LogP contribution in [0.1, 0.15) is 0 Å². The second-order valence-electron chi connectivity index (χ2n) is 9.17. The van der Waals surface area contributed by atoms with Crippen molar-refractivity contribution in [2.24, 2.45) is 0 Å². The molecular weight excluding hydrogens is 464 g/mol. The van der Waals surface area contributed by atoms with E-state index in [1.165, 1.54) is 21.5 Å². The Hall–Kier alpha value is -5.22. The Balaban J connectivity index is 1.44. The molecule has 0 N–H and O–H groups in total. The van der Waals surface area contributed by atoms with Crippen LogP contribution in [-0.2, 0) is 0 Å². The summed E-state index contributed by atoms with van der Waals surface area (Å²) in [4.78, 5) is 18.9. The standard InChI is InChI=1S/C34H22N4/c1-3-12-27-23(8-1)10-5-14-29(27)31-22-32(30-15-6-11-24-9-2-4-13-28(24)30)38-34(37-31)26-18-16-25(17-19-26)33-35-20-7-21-36-33/h1-22H. The molecule has 38 heavy (non-hydrogen) atoms. The zero-order valence-electron chi connectivity index (χ0n) is 20.5. The summed E-state index contributed by atoms with van der Waals surface area (Å²) in [6, 6.07) is 41.6. The number of benzene rings is 5. The highest BCUT2D eigenvalue weighted by Gasteiger charge is 2.14. The third kappa shape index (κ3) is 3.98. The number of rotatable bonds is 4. The molecule has 0 saturated heterocycles. The fraction of sp³-hybridized carbons (Fsp3) is 0. The van der Waals surface area contributed by atoms with Gasteiger partial charge < -0.3 is 0 Å². The normalized spacial score (nSPS) is 11.2. The number of fused-ring (bicyclic) bond motifs is 2. The average molecular weight is 487 g/mol. The maximum absolute atomic E-state index is 5.09. The number of hydrogen-bond donors (Lipinski definition) is 0. The summed E-state index contributed by atoms with van der Waals surface area (Å²) in [5.41, 5.74) is 5.85. The van der Waals surface area contributed by atoms with Crippen LogP contribution < -0.4 is 0 Å². The highest BCUT2D eigenvalue weighted by atomic mass is 14.9. The third-order valence-corrected chi connectivity index (χ3v) is 6.82. The molecule has 7 rings (SSSR count). The zero-order chi connectivity index (χ0) is 25.3. The fourth-order valence-electron chi connectivity index (χ4n) is 4.97. The third-order valence-electron chi connectivity index (χ3n) is 6.82. The van der Waals surface area contributed by atoms with Crippen LogP contribution >= 0.6 is 0 Å². The summed E-state index contributed by atoms with van der Waals surface area (Å²) in [7, 11) is 0. The lowest BCUT2D eigenvalue weighted by atomic mass is 9.98. The highest BCUT2D eigenvalue weighted by molar-refractivity contribution is 5.99. The van der Waals surface area contributed by atoms with Gasteiger partial charge >= 0.3 is 0 Å². The van der Waals surface area contributed by atoms with Crippen LogP contribution in [0, 0.1) is 0 Å². The first-order valence-electron chi connectivity index (χ1n) is 12.6. The molecule has 0 spiro atoms. The van der Waals surface area contributed by atoms with Gasteiger partial charge in [0.05, 0.1) is 11.4 Å². The molecule has 2 aromatic heterocycles. The van der Waals surface area contributed by atoms with Crippen molar-refractivity contribution in [1.29, 1.82) is 0 Å². The van der Waals surface area contributed by atoms with Gasteiger partial charge in [0.15, 0.2) is 11.6 Å². The van der Waals surface area contributed by atoms with Gasteiger partial charge in [-0.05, 0) is 33.7 Å². The molecule has 2 heterocycles. The summed E-state index contributed by atoms with van der Waals surface area (Å²) in [6.07, 6.45) is 3.51. The van der Waals surface area contributed by atoms with E-state index >= 15 is 0 Å². The van der Waals surface area contributed by atoms with Crippen molar-refractivity contribution < 1.29 is 0 Å². The van der Waals surface area contributed by atoms with E-state index < -0.39 is 0 Å². The van der Waals surface area contributed by atoms with Gasteiger partial charge in [-0.1, -0.05) is 109 Å². The maximum atomic E-state index is 5.09. The van der Waals surface area contributed by atoms with Gasteiger partial charge in [0.25, 0.3) is 0 Å². The molecule has 0 aliphatic carbocycles. The van der Waals surface area contributed by atoms with Gasteiger partial charge in [-0.15, -0.1) is 0 Å². The summed E-state index contributed by atoms with van der Waals surface area (Å²) in [5.74, 6) is 1.37. The Morgan fingerprint density at radius 2 is 0.868 bits per heavy atom. The van der Waals surface area contributed by atoms with E-state index in [0.29, 0.717) is 11.6 Å². The topological polar surface area (TPSA) is 51.6 Å². The van der Waals surface area contributed by atoms with E-state index in [1.807, 2.05) is 30.3 Å². The molecule has 0 atom stereocenters. The Morgan fingerprint density at radius 3 is 1.42 bits per heavy atom. The Bertz CT molecular complexity index is 1800. The van der Waals surface area contributed by atoms with Gasteiger partial charge in [0.1, 0.15) is 0 Å². The fourth-order valence-corrected chi connectivity index (χ4v) is 4.97. The van der Waals surface area contributed by atoms with Gasteiger partial charge in [-0.2, -0.15) is 0 Å². The van der Waals surface area contributed by atoms with Crippen LogP contribution in [0.2, 0.25) is 0 Å². The van der Waals surface area contributed by atoms with Crippen LogP contribution in [0.5, 0.6) is 0 Å². The van der Waals surface area contributed by atoms with Crippen LogP contribution in [0.4, 0.5) is 0 Å². The van der Waals surface area contributed by atoms with E-state index in [-0.39, 0.29) is 0 Å². The molecule has 0 unspecified atom stereocenters. The van der Waals surface area contributed by atoms with Crippen LogP contribution in [0.3, 0.4) is 0 Å². The van der Waals surface area contributed by atoms with E-state index in [0.717, 1.165) is 33.6 Å². The Kier molecular flexibility index (Phi) is 5.41. The minimum atomic E-state index is 0.680. The predicted molar refractivity (Wildman–Crippen MR) is 154 cm³/mol. The lowest BCUT2D eigenvalue weighted by Gasteiger charge is -2.13. The van der Waals surface area contributed by atoms with Gasteiger partial charge in [-0.25, -0.2) is 19.9 Å². The SMILES string of the molecule is c1cnc(-c2ccc(-c3nc(-c4cccc5ccccc45)cc(-c4cccc5ccccc45)n3)cc2)nc1. The largest absolute Gasteiger partial charge is 0.237 e. The summed E-state index contributed by atoms with van der Waals surface area (Å²) in [5, 5.41) is 4.70. The molecule has 4 heteroatoms. The average Bonchev–Trinajstić information content (AvgIpc) is 3.01. The predicted octanol–water partition coefficient (Wildman–Crippen LogP) is 8.24. The Morgan fingerprint density at radius 1 is 0.395 bits per heavy atom. The highest BCUT2D eigenvalue weighted by Crippen LogP contribution is 2.34. The zero-order valence-corrected chi connectivity index (χ0v) is 20.5. The van der Waals surface area contributed by atoms with Gasteiger partial charge in [0, 0.05) is 34.6 Å². The molecule has 0 aliphatic heterocycles. The molecule has 0 amide bonds. The number of nitrogens with zero attached hydrogens (tertiary/aromatic N) is 4. The van der Waals surface area contributed by atoms with Gasteiger partial charge in [-0.3, -0.25) is 0 Å². The molecule has 178 valence electrons. The first kappa shape index (κ1) is 22.0. The molecule has 5 aromatic carbocycles. The molecule has 0 saturated carbocycles. The smallest absolute Gasteiger partial charge is 0.160 e. The molecule has 4 nitrogen and oxygen atoms in total. The summed E-state index contributed by atoms with van der Waals surface area (Å²) >= 11 is 0. The first-order valence-corrected chi connectivity index (χ1v) is 12.6.